The Morgan fingerprint density at radius 3 is 2.87 bits per heavy atom. The number of anilines is 2. The number of fused-ring (bicyclic) bond motifs is 1. The number of nitrogens with one attached hydrogen (secondary N) is 2. The molecule has 4 N–H and O–H groups in total. The largest absolute Gasteiger partial charge is 0.399 e. The van der Waals surface area contributed by atoms with Gasteiger partial charge in [0.1, 0.15) is 11.9 Å². The number of ether oxygens (including phenoxy) is 1. The van der Waals surface area contributed by atoms with Crippen molar-refractivity contribution < 1.29 is 9.53 Å². The number of H-pyrrole nitrogens is 1. The lowest BCUT2D eigenvalue weighted by Gasteiger charge is -2.31. The Bertz CT molecular complexity index is 1120. The first kappa shape index (κ1) is 24.6. The SMILES string of the molecule is Cc1ccc(N)cc1NC(=O)C1CN(Cc2nc3ccccc3c(=O)[nH]2)CCO1.Cl.Cl. The van der Waals surface area contributed by atoms with Gasteiger partial charge < -0.3 is 20.8 Å². The first-order valence-electron chi connectivity index (χ1n) is 9.48. The number of hydrogen-bond donors (Lipinski definition) is 3. The first-order chi connectivity index (χ1) is 14.0. The second kappa shape index (κ2) is 10.6. The van der Waals surface area contributed by atoms with E-state index >= 15 is 0 Å². The maximum Gasteiger partial charge on any atom is 0.258 e. The van der Waals surface area contributed by atoms with Gasteiger partial charge in [0.05, 0.1) is 24.1 Å². The molecule has 1 aliphatic heterocycles. The Morgan fingerprint density at radius 1 is 1.29 bits per heavy atom. The Labute approximate surface area is 192 Å². The molecule has 166 valence electrons. The van der Waals surface area contributed by atoms with E-state index in [1.54, 1.807) is 18.2 Å². The zero-order valence-electron chi connectivity index (χ0n) is 17.0. The molecule has 10 heteroatoms. The Hall–Kier alpha value is -2.65. The average Bonchev–Trinajstić information content (AvgIpc) is 2.71. The van der Waals surface area contributed by atoms with E-state index in [9.17, 15) is 9.59 Å². The fourth-order valence-corrected chi connectivity index (χ4v) is 3.41. The van der Waals surface area contributed by atoms with Gasteiger partial charge in [0, 0.05) is 24.5 Å². The molecule has 1 atom stereocenters. The lowest BCUT2D eigenvalue weighted by atomic mass is 10.1. The molecule has 1 fully saturated rings. The molecule has 8 nitrogen and oxygen atoms in total. The van der Waals surface area contributed by atoms with E-state index < -0.39 is 6.10 Å². The van der Waals surface area contributed by atoms with Crippen LogP contribution in [-0.4, -0.2) is 46.6 Å². The maximum absolute atomic E-state index is 12.7. The van der Waals surface area contributed by atoms with Crippen molar-refractivity contribution in [3.8, 4) is 0 Å². The summed E-state index contributed by atoms with van der Waals surface area (Å²) in [5.74, 6) is 0.352. The molecule has 2 aromatic carbocycles. The van der Waals surface area contributed by atoms with Crippen molar-refractivity contribution in [1.82, 2.24) is 14.9 Å². The van der Waals surface area contributed by atoms with Gasteiger partial charge in [-0.2, -0.15) is 0 Å². The number of nitrogen functional groups attached to an aromatic ring is 1. The van der Waals surface area contributed by atoms with Gasteiger partial charge >= 0.3 is 0 Å². The van der Waals surface area contributed by atoms with Crippen LogP contribution < -0.4 is 16.6 Å². The molecule has 4 rings (SSSR count). The van der Waals surface area contributed by atoms with Crippen LogP contribution in [-0.2, 0) is 16.1 Å². The van der Waals surface area contributed by atoms with Gasteiger partial charge in [-0.15, -0.1) is 24.8 Å². The third-order valence-electron chi connectivity index (χ3n) is 5.00. The molecule has 0 aliphatic carbocycles. The van der Waals surface area contributed by atoms with Gasteiger partial charge in [-0.1, -0.05) is 18.2 Å². The number of rotatable bonds is 4. The number of amides is 1. The molecule has 31 heavy (non-hydrogen) atoms. The summed E-state index contributed by atoms with van der Waals surface area (Å²) in [6.45, 7) is 3.82. The number of carbonyl (C=O) groups is 1. The number of benzene rings is 2. The normalized spacial score (nSPS) is 16.2. The number of aryl methyl sites for hydroxylation is 1. The highest BCUT2D eigenvalue weighted by Gasteiger charge is 2.27. The fourth-order valence-electron chi connectivity index (χ4n) is 3.41. The number of aromatic nitrogens is 2. The molecule has 1 unspecified atom stereocenters. The smallest absolute Gasteiger partial charge is 0.258 e. The summed E-state index contributed by atoms with van der Waals surface area (Å²) in [6, 6.07) is 12.6. The lowest BCUT2D eigenvalue weighted by Crippen LogP contribution is -2.47. The lowest BCUT2D eigenvalue weighted by molar-refractivity contribution is -0.133. The highest BCUT2D eigenvalue weighted by atomic mass is 35.5. The Kier molecular flexibility index (Phi) is 8.41. The van der Waals surface area contributed by atoms with Crippen LogP contribution in [0.3, 0.4) is 0 Å². The molecule has 1 amide bonds. The predicted molar refractivity (Wildman–Crippen MR) is 126 cm³/mol. The van der Waals surface area contributed by atoms with Crippen LogP contribution in [0.1, 0.15) is 11.4 Å². The van der Waals surface area contributed by atoms with Gasteiger partial charge in [-0.05, 0) is 36.8 Å². The molecule has 2 heterocycles. The average molecular weight is 466 g/mol. The standard InChI is InChI=1S/C21H23N5O3.2ClH/c1-13-6-7-14(22)10-17(13)24-21(28)18-11-26(8-9-29-18)12-19-23-16-5-3-2-4-15(16)20(27)25-19;;/h2-7,10,18H,8-9,11-12,22H2,1H3,(H,24,28)(H,23,25,27);2*1H. The second-order valence-corrected chi connectivity index (χ2v) is 7.19. The number of aromatic amines is 1. The van der Waals surface area contributed by atoms with Gasteiger partial charge in [0.15, 0.2) is 0 Å². The second-order valence-electron chi connectivity index (χ2n) is 7.19. The van der Waals surface area contributed by atoms with Crippen LogP contribution in [0.25, 0.3) is 10.9 Å². The number of para-hydroxylation sites is 1. The van der Waals surface area contributed by atoms with Crippen molar-refractivity contribution in [2.75, 3.05) is 30.7 Å². The minimum atomic E-state index is -0.614. The minimum Gasteiger partial charge on any atom is -0.399 e. The molecule has 1 saturated heterocycles. The molecule has 1 aliphatic rings. The molecular formula is C21H25Cl2N5O3. The topological polar surface area (TPSA) is 113 Å². The number of carbonyl (C=O) groups excluding carboxylic acids is 1. The van der Waals surface area contributed by atoms with Crippen molar-refractivity contribution in [2.24, 2.45) is 0 Å². The van der Waals surface area contributed by atoms with E-state index in [1.165, 1.54) is 0 Å². The van der Waals surface area contributed by atoms with Crippen LogP contribution in [0.15, 0.2) is 47.3 Å². The summed E-state index contributed by atoms with van der Waals surface area (Å²) >= 11 is 0. The highest BCUT2D eigenvalue weighted by molar-refractivity contribution is 5.95. The predicted octanol–water partition coefficient (Wildman–Crippen LogP) is 2.50. The third-order valence-corrected chi connectivity index (χ3v) is 5.00. The van der Waals surface area contributed by atoms with E-state index in [0.717, 1.165) is 5.56 Å². The summed E-state index contributed by atoms with van der Waals surface area (Å²) in [4.78, 5) is 34.4. The summed E-state index contributed by atoms with van der Waals surface area (Å²) in [5.41, 5.74) is 8.50. The number of nitrogens with zero attached hydrogens (tertiary/aromatic N) is 2. The van der Waals surface area contributed by atoms with Crippen molar-refractivity contribution >= 4 is 53.0 Å². The van der Waals surface area contributed by atoms with Gasteiger partial charge in [0.2, 0.25) is 0 Å². The van der Waals surface area contributed by atoms with E-state index in [0.29, 0.717) is 54.3 Å². The monoisotopic (exact) mass is 465 g/mol. The molecule has 0 bridgehead atoms. The maximum atomic E-state index is 12.7. The number of nitrogens with two attached hydrogens (primary N) is 1. The van der Waals surface area contributed by atoms with E-state index in [4.69, 9.17) is 10.5 Å². The van der Waals surface area contributed by atoms with Crippen molar-refractivity contribution in [1.29, 1.82) is 0 Å². The van der Waals surface area contributed by atoms with Crippen LogP contribution in [0.4, 0.5) is 11.4 Å². The van der Waals surface area contributed by atoms with Crippen LogP contribution in [0.5, 0.6) is 0 Å². The molecule has 0 radical (unpaired) electrons. The zero-order chi connectivity index (χ0) is 20.4. The van der Waals surface area contributed by atoms with Crippen molar-refractivity contribution in [3.05, 3.63) is 64.2 Å². The quantitative estimate of drug-likeness (QED) is 0.510. The number of hydrogen-bond acceptors (Lipinski definition) is 6. The first-order valence-corrected chi connectivity index (χ1v) is 9.48. The summed E-state index contributed by atoms with van der Waals surface area (Å²) in [7, 11) is 0. The van der Waals surface area contributed by atoms with E-state index in [-0.39, 0.29) is 36.3 Å². The van der Waals surface area contributed by atoms with E-state index in [1.807, 2.05) is 36.1 Å². The molecular weight excluding hydrogens is 441 g/mol. The van der Waals surface area contributed by atoms with Gasteiger partial charge in [0.25, 0.3) is 11.5 Å². The highest BCUT2D eigenvalue weighted by Crippen LogP contribution is 2.19. The summed E-state index contributed by atoms with van der Waals surface area (Å²) in [6.07, 6.45) is -0.614. The third kappa shape index (κ3) is 5.74. The van der Waals surface area contributed by atoms with Crippen molar-refractivity contribution in [3.63, 3.8) is 0 Å². The molecule has 3 aromatic rings. The molecule has 1 aromatic heterocycles. The number of morpholine rings is 1. The fraction of sp³-hybridized carbons (Fsp3) is 0.286. The van der Waals surface area contributed by atoms with Crippen LogP contribution in [0, 0.1) is 6.92 Å². The molecule has 0 spiro atoms. The molecule has 0 saturated carbocycles. The Balaban J connectivity index is 0.00000171. The summed E-state index contributed by atoms with van der Waals surface area (Å²) < 4.78 is 5.67. The van der Waals surface area contributed by atoms with Crippen molar-refractivity contribution in [2.45, 2.75) is 19.6 Å². The van der Waals surface area contributed by atoms with E-state index in [2.05, 4.69) is 15.3 Å². The van der Waals surface area contributed by atoms with Crippen LogP contribution in [0.2, 0.25) is 0 Å². The zero-order valence-corrected chi connectivity index (χ0v) is 18.6. The van der Waals surface area contributed by atoms with Gasteiger partial charge in [-0.3, -0.25) is 14.5 Å². The number of halogens is 2. The summed E-state index contributed by atoms with van der Waals surface area (Å²) in [5, 5.41) is 3.46. The Morgan fingerprint density at radius 2 is 2.06 bits per heavy atom. The van der Waals surface area contributed by atoms with Crippen LogP contribution >= 0.6 is 24.8 Å². The van der Waals surface area contributed by atoms with Gasteiger partial charge in [-0.25, -0.2) is 4.98 Å². The minimum absolute atomic E-state index is 0.